The van der Waals surface area contributed by atoms with Gasteiger partial charge in [-0.1, -0.05) is 23.8 Å². The minimum absolute atomic E-state index is 0.0577. The number of ether oxygens (including phenoxy) is 1. The number of anilines is 2. The first-order valence-corrected chi connectivity index (χ1v) is 12.7. The van der Waals surface area contributed by atoms with Crippen LogP contribution in [0.2, 0.25) is 0 Å². The van der Waals surface area contributed by atoms with Gasteiger partial charge in [0.05, 0.1) is 35.9 Å². The van der Waals surface area contributed by atoms with E-state index in [4.69, 9.17) is 4.74 Å². The summed E-state index contributed by atoms with van der Waals surface area (Å²) in [6.45, 7) is 2.18. The second-order valence-electron chi connectivity index (χ2n) is 8.65. The Hall–Kier alpha value is -3.66. The SMILES string of the molecule is COc1cccc(N2CC(C(=O)Nc3c4c(nn3-c3ccc(C)cc3)CS(=O)(=O)C4)CC2=O)c1. The van der Waals surface area contributed by atoms with Crippen molar-refractivity contribution in [2.45, 2.75) is 24.9 Å². The van der Waals surface area contributed by atoms with Crippen molar-refractivity contribution >= 4 is 33.2 Å². The van der Waals surface area contributed by atoms with Crippen LogP contribution in [-0.2, 0) is 30.9 Å². The summed E-state index contributed by atoms with van der Waals surface area (Å²) in [5.74, 6) is -0.464. The van der Waals surface area contributed by atoms with Crippen LogP contribution in [0.3, 0.4) is 0 Å². The Balaban J connectivity index is 1.42. The number of fused-ring (bicyclic) bond motifs is 1. The Morgan fingerprint density at radius 2 is 1.88 bits per heavy atom. The van der Waals surface area contributed by atoms with Gasteiger partial charge < -0.3 is 15.0 Å². The van der Waals surface area contributed by atoms with Crippen molar-refractivity contribution in [3.05, 3.63) is 65.4 Å². The summed E-state index contributed by atoms with van der Waals surface area (Å²) in [5, 5.41) is 7.39. The lowest BCUT2D eigenvalue weighted by Gasteiger charge is -2.18. The summed E-state index contributed by atoms with van der Waals surface area (Å²) in [7, 11) is -1.75. The number of hydrogen-bond donors (Lipinski definition) is 1. The first kappa shape index (κ1) is 22.1. The van der Waals surface area contributed by atoms with Crippen molar-refractivity contribution in [3.8, 4) is 11.4 Å². The van der Waals surface area contributed by atoms with Gasteiger partial charge in [0.1, 0.15) is 11.6 Å². The highest BCUT2D eigenvalue weighted by atomic mass is 32.2. The van der Waals surface area contributed by atoms with Gasteiger partial charge in [-0.2, -0.15) is 5.10 Å². The molecule has 2 aromatic carbocycles. The fourth-order valence-electron chi connectivity index (χ4n) is 4.37. The molecular formula is C24H24N4O5S. The molecule has 0 spiro atoms. The topological polar surface area (TPSA) is 111 Å². The number of sulfone groups is 1. The lowest BCUT2D eigenvalue weighted by atomic mass is 10.1. The van der Waals surface area contributed by atoms with E-state index in [0.717, 1.165) is 5.56 Å². The highest BCUT2D eigenvalue weighted by molar-refractivity contribution is 7.90. The quantitative estimate of drug-likeness (QED) is 0.601. The van der Waals surface area contributed by atoms with Gasteiger partial charge in [0.25, 0.3) is 0 Å². The van der Waals surface area contributed by atoms with Gasteiger partial charge in [-0.3, -0.25) is 9.59 Å². The molecule has 1 unspecified atom stereocenters. The van der Waals surface area contributed by atoms with Crippen LogP contribution in [0.4, 0.5) is 11.5 Å². The highest BCUT2D eigenvalue weighted by Crippen LogP contribution is 2.34. The van der Waals surface area contributed by atoms with Crippen LogP contribution in [0.15, 0.2) is 48.5 Å². The molecule has 1 fully saturated rings. The minimum atomic E-state index is -3.31. The van der Waals surface area contributed by atoms with E-state index in [0.29, 0.717) is 34.2 Å². The lowest BCUT2D eigenvalue weighted by Crippen LogP contribution is -2.29. The van der Waals surface area contributed by atoms with E-state index in [9.17, 15) is 18.0 Å². The normalized spacial score (nSPS) is 18.7. The molecule has 0 aliphatic carbocycles. The maximum absolute atomic E-state index is 13.3. The van der Waals surface area contributed by atoms with Crippen LogP contribution >= 0.6 is 0 Å². The third-order valence-electron chi connectivity index (χ3n) is 6.17. The van der Waals surface area contributed by atoms with Gasteiger partial charge in [0.2, 0.25) is 11.8 Å². The number of nitrogens with one attached hydrogen (secondary N) is 1. The van der Waals surface area contributed by atoms with Crippen LogP contribution in [0.1, 0.15) is 23.2 Å². The van der Waals surface area contributed by atoms with Crippen molar-refractivity contribution in [1.29, 1.82) is 0 Å². The molecule has 34 heavy (non-hydrogen) atoms. The van der Waals surface area contributed by atoms with Crippen LogP contribution < -0.4 is 15.0 Å². The molecule has 5 rings (SSSR count). The predicted molar refractivity (Wildman–Crippen MR) is 127 cm³/mol. The fourth-order valence-corrected chi connectivity index (χ4v) is 5.87. The lowest BCUT2D eigenvalue weighted by molar-refractivity contribution is -0.122. The summed E-state index contributed by atoms with van der Waals surface area (Å²) < 4.78 is 31.2. The van der Waals surface area contributed by atoms with Gasteiger partial charge in [-0.15, -0.1) is 0 Å². The van der Waals surface area contributed by atoms with E-state index >= 15 is 0 Å². The zero-order valence-electron chi connectivity index (χ0n) is 18.8. The standard InChI is InChI=1S/C24H24N4O5S/c1-15-6-8-17(9-7-15)28-23(20-13-34(31,32)14-21(20)26-28)25-24(30)16-10-22(29)27(12-16)18-4-3-5-19(11-18)33-2/h3-9,11,16H,10,12-14H2,1-2H3,(H,25,30). The molecule has 10 heteroatoms. The van der Waals surface area contributed by atoms with Crippen molar-refractivity contribution in [2.24, 2.45) is 5.92 Å². The summed E-state index contributed by atoms with van der Waals surface area (Å²) in [6.07, 6.45) is 0.0577. The number of aryl methyl sites for hydroxylation is 1. The molecule has 9 nitrogen and oxygen atoms in total. The summed E-state index contributed by atoms with van der Waals surface area (Å²) in [4.78, 5) is 27.5. The monoisotopic (exact) mass is 480 g/mol. The van der Waals surface area contributed by atoms with E-state index in [1.54, 1.807) is 41.0 Å². The number of rotatable bonds is 5. The van der Waals surface area contributed by atoms with Crippen molar-refractivity contribution < 1.29 is 22.7 Å². The van der Waals surface area contributed by atoms with Gasteiger partial charge in [0, 0.05) is 30.3 Å². The van der Waals surface area contributed by atoms with Crippen molar-refractivity contribution in [2.75, 3.05) is 23.9 Å². The average Bonchev–Trinajstić information content (AvgIpc) is 3.44. The smallest absolute Gasteiger partial charge is 0.230 e. The summed E-state index contributed by atoms with van der Waals surface area (Å²) >= 11 is 0. The zero-order valence-corrected chi connectivity index (χ0v) is 19.6. The number of carbonyl (C=O) groups excluding carboxylic acids is 2. The van der Waals surface area contributed by atoms with Crippen LogP contribution in [0.25, 0.3) is 5.69 Å². The molecule has 0 radical (unpaired) electrons. The largest absolute Gasteiger partial charge is 0.497 e. The Labute approximate surface area is 197 Å². The van der Waals surface area contributed by atoms with Gasteiger partial charge in [-0.05, 0) is 31.2 Å². The van der Waals surface area contributed by atoms with E-state index in [-0.39, 0.29) is 36.3 Å². The molecule has 2 aliphatic rings. The molecular weight excluding hydrogens is 456 g/mol. The molecule has 1 saturated heterocycles. The summed E-state index contributed by atoms with van der Waals surface area (Å²) in [6, 6.07) is 14.7. The fraction of sp³-hybridized carbons (Fsp3) is 0.292. The molecule has 1 atom stereocenters. The molecule has 2 amide bonds. The van der Waals surface area contributed by atoms with E-state index in [1.807, 2.05) is 31.2 Å². The Morgan fingerprint density at radius 1 is 1.12 bits per heavy atom. The second kappa shape index (κ2) is 8.28. The number of benzene rings is 2. The van der Waals surface area contributed by atoms with E-state index in [1.165, 1.54) is 0 Å². The van der Waals surface area contributed by atoms with Crippen LogP contribution in [0.5, 0.6) is 5.75 Å². The number of nitrogens with zero attached hydrogens (tertiary/aromatic N) is 3. The van der Waals surface area contributed by atoms with Crippen molar-refractivity contribution in [1.82, 2.24) is 9.78 Å². The summed E-state index contributed by atoms with van der Waals surface area (Å²) in [5.41, 5.74) is 3.39. The average molecular weight is 481 g/mol. The first-order chi connectivity index (χ1) is 16.2. The molecule has 0 bridgehead atoms. The highest BCUT2D eigenvalue weighted by Gasteiger charge is 2.38. The molecule has 2 aliphatic heterocycles. The number of aromatic nitrogens is 2. The third-order valence-corrected chi connectivity index (χ3v) is 7.61. The van der Waals surface area contributed by atoms with E-state index < -0.39 is 15.8 Å². The molecule has 176 valence electrons. The molecule has 3 heterocycles. The van der Waals surface area contributed by atoms with Crippen LogP contribution in [0, 0.1) is 12.8 Å². The number of amides is 2. The zero-order chi connectivity index (χ0) is 24.0. The van der Waals surface area contributed by atoms with Gasteiger partial charge in [0.15, 0.2) is 9.84 Å². The number of carbonyl (C=O) groups is 2. The van der Waals surface area contributed by atoms with Gasteiger partial charge >= 0.3 is 0 Å². The Morgan fingerprint density at radius 3 is 2.62 bits per heavy atom. The maximum atomic E-state index is 13.3. The number of methoxy groups -OCH3 is 1. The Bertz CT molecular complexity index is 1400. The minimum Gasteiger partial charge on any atom is -0.497 e. The first-order valence-electron chi connectivity index (χ1n) is 10.9. The van der Waals surface area contributed by atoms with Crippen molar-refractivity contribution in [3.63, 3.8) is 0 Å². The second-order valence-corrected chi connectivity index (χ2v) is 10.7. The molecule has 1 N–H and O–H groups in total. The molecule has 1 aromatic heterocycles. The predicted octanol–water partition coefficient (Wildman–Crippen LogP) is 2.61. The van der Waals surface area contributed by atoms with Crippen LogP contribution in [-0.4, -0.2) is 43.7 Å². The molecule has 3 aromatic rings. The van der Waals surface area contributed by atoms with Gasteiger partial charge in [-0.25, -0.2) is 13.1 Å². The van der Waals surface area contributed by atoms with E-state index in [2.05, 4.69) is 10.4 Å². The molecule has 0 saturated carbocycles. The maximum Gasteiger partial charge on any atom is 0.230 e. The Kier molecular flexibility index (Phi) is 5.40. The number of hydrogen-bond acceptors (Lipinski definition) is 6. The third kappa shape index (κ3) is 4.05.